The minimum absolute atomic E-state index is 0.0156. The lowest BCUT2D eigenvalue weighted by Crippen LogP contribution is -2.35. The molecule has 6 nitrogen and oxygen atoms in total. The molecular weight excluding hydrogens is 248 g/mol. The molecule has 1 heterocycles. The van der Waals surface area contributed by atoms with E-state index in [1.54, 1.807) is 32.3 Å². The summed E-state index contributed by atoms with van der Waals surface area (Å²) in [4.78, 5) is 24.3. The minimum atomic E-state index is -0.903. The lowest BCUT2D eigenvalue weighted by molar-refractivity contribution is -0.138. The third-order valence-electron chi connectivity index (χ3n) is 3.18. The second-order valence-corrected chi connectivity index (χ2v) is 4.42. The molecule has 0 saturated heterocycles. The van der Waals surface area contributed by atoms with Crippen molar-refractivity contribution in [1.29, 1.82) is 0 Å². The summed E-state index contributed by atoms with van der Waals surface area (Å²) in [5.74, 6) is -1.11. The number of nitrogens with one attached hydrogen (secondary N) is 1. The van der Waals surface area contributed by atoms with E-state index < -0.39 is 11.9 Å². The normalized spacial score (nSPS) is 15.7. The first-order valence-electron chi connectivity index (χ1n) is 5.95. The van der Waals surface area contributed by atoms with Crippen molar-refractivity contribution >= 4 is 17.6 Å². The van der Waals surface area contributed by atoms with E-state index in [9.17, 15) is 14.7 Å². The summed E-state index contributed by atoms with van der Waals surface area (Å²) in [5, 5.41) is 12.1. The summed E-state index contributed by atoms with van der Waals surface area (Å²) in [5.41, 5.74) is 1.25. The van der Waals surface area contributed by atoms with Gasteiger partial charge in [-0.25, -0.2) is 0 Å². The van der Waals surface area contributed by atoms with E-state index in [4.69, 9.17) is 4.74 Å². The number of carbonyl (C=O) groups is 2. The van der Waals surface area contributed by atoms with Crippen molar-refractivity contribution < 1.29 is 19.4 Å². The molecule has 2 rings (SSSR count). The summed E-state index contributed by atoms with van der Waals surface area (Å²) >= 11 is 0. The molecule has 1 aromatic carbocycles. The number of anilines is 1. The lowest BCUT2D eigenvalue weighted by Gasteiger charge is -2.27. The maximum Gasteiger partial charge on any atom is 0.312 e. The predicted molar refractivity (Wildman–Crippen MR) is 69.7 cm³/mol. The zero-order valence-electron chi connectivity index (χ0n) is 10.8. The molecule has 6 heteroatoms. The minimum Gasteiger partial charge on any atom is -0.482 e. The first-order valence-corrected chi connectivity index (χ1v) is 5.95. The third-order valence-corrected chi connectivity index (χ3v) is 3.18. The number of carboxylic acid groups (broad SMARTS) is 1. The van der Waals surface area contributed by atoms with E-state index in [1.165, 1.54) is 4.90 Å². The van der Waals surface area contributed by atoms with Crippen molar-refractivity contribution in [3.05, 3.63) is 23.8 Å². The van der Waals surface area contributed by atoms with E-state index in [2.05, 4.69) is 5.32 Å². The molecule has 0 spiro atoms. The van der Waals surface area contributed by atoms with E-state index in [1.807, 2.05) is 0 Å². The summed E-state index contributed by atoms with van der Waals surface area (Å²) in [6, 6.07) is 5.13. The van der Waals surface area contributed by atoms with Crippen LogP contribution in [0.4, 0.5) is 5.69 Å². The number of fused-ring (bicyclic) bond motifs is 1. The number of hydrogen-bond acceptors (Lipinski definition) is 4. The molecule has 1 aromatic rings. The fraction of sp³-hybridized carbons (Fsp3) is 0.385. The van der Waals surface area contributed by atoms with Crippen LogP contribution in [0.25, 0.3) is 0 Å². The highest BCUT2D eigenvalue weighted by molar-refractivity contribution is 5.97. The van der Waals surface area contributed by atoms with Crippen LogP contribution in [0.1, 0.15) is 11.5 Å². The SMILES string of the molecule is CNCC(C(=O)O)c1ccc2c(c1)N(C)C(=O)CO2. The molecule has 1 aliphatic heterocycles. The van der Waals surface area contributed by atoms with Gasteiger partial charge in [0.15, 0.2) is 6.61 Å². The molecule has 0 fully saturated rings. The zero-order valence-corrected chi connectivity index (χ0v) is 10.8. The van der Waals surface area contributed by atoms with Gasteiger partial charge >= 0.3 is 5.97 Å². The second kappa shape index (κ2) is 5.27. The molecule has 0 aromatic heterocycles. The Kier molecular flexibility index (Phi) is 3.71. The van der Waals surface area contributed by atoms with Gasteiger partial charge in [0.05, 0.1) is 11.6 Å². The highest BCUT2D eigenvalue weighted by Crippen LogP contribution is 2.34. The first kappa shape index (κ1) is 13.4. The van der Waals surface area contributed by atoms with Gasteiger partial charge in [0.2, 0.25) is 0 Å². The van der Waals surface area contributed by atoms with Crippen LogP contribution in [0.15, 0.2) is 18.2 Å². The number of hydrogen-bond donors (Lipinski definition) is 2. The van der Waals surface area contributed by atoms with Crippen LogP contribution < -0.4 is 15.0 Å². The summed E-state index contributed by atoms with van der Waals surface area (Å²) in [6.07, 6.45) is 0. The Balaban J connectivity index is 2.39. The van der Waals surface area contributed by atoms with Crippen molar-refractivity contribution in [3.63, 3.8) is 0 Å². The van der Waals surface area contributed by atoms with Crippen molar-refractivity contribution in [2.75, 3.05) is 32.1 Å². The fourth-order valence-corrected chi connectivity index (χ4v) is 2.06. The number of carboxylic acids is 1. The Labute approximate surface area is 111 Å². The average molecular weight is 264 g/mol. The molecule has 102 valence electrons. The lowest BCUT2D eigenvalue weighted by atomic mass is 9.98. The van der Waals surface area contributed by atoms with Gasteiger partial charge in [-0.1, -0.05) is 6.07 Å². The molecule has 0 saturated carbocycles. The van der Waals surface area contributed by atoms with Gasteiger partial charge in [0.1, 0.15) is 5.75 Å². The molecule has 0 radical (unpaired) electrons. The van der Waals surface area contributed by atoms with Gasteiger partial charge in [0, 0.05) is 13.6 Å². The van der Waals surface area contributed by atoms with Crippen LogP contribution in [0.2, 0.25) is 0 Å². The highest BCUT2D eigenvalue weighted by Gasteiger charge is 2.25. The van der Waals surface area contributed by atoms with Crippen LogP contribution in [0.5, 0.6) is 5.75 Å². The van der Waals surface area contributed by atoms with Crippen LogP contribution in [-0.2, 0) is 9.59 Å². The Morgan fingerprint density at radius 3 is 2.95 bits per heavy atom. The van der Waals surface area contributed by atoms with E-state index in [-0.39, 0.29) is 12.5 Å². The molecule has 1 unspecified atom stereocenters. The topological polar surface area (TPSA) is 78.9 Å². The molecule has 19 heavy (non-hydrogen) atoms. The quantitative estimate of drug-likeness (QED) is 0.824. The summed E-state index contributed by atoms with van der Waals surface area (Å²) in [7, 11) is 3.36. The predicted octanol–water partition coefficient (Wildman–Crippen LogP) is 0.429. The monoisotopic (exact) mass is 264 g/mol. The Bertz CT molecular complexity index is 515. The fourth-order valence-electron chi connectivity index (χ4n) is 2.06. The van der Waals surface area contributed by atoms with Gasteiger partial charge in [-0.15, -0.1) is 0 Å². The van der Waals surface area contributed by atoms with Crippen molar-refractivity contribution in [2.24, 2.45) is 0 Å². The van der Waals surface area contributed by atoms with Crippen LogP contribution in [0.3, 0.4) is 0 Å². The smallest absolute Gasteiger partial charge is 0.312 e. The van der Waals surface area contributed by atoms with Gasteiger partial charge in [0.25, 0.3) is 5.91 Å². The number of ether oxygens (including phenoxy) is 1. The molecule has 1 aliphatic rings. The van der Waals surface area contributed by atoms with Crippen LogP contribution in [0, 0.1) is 0 Å². The van der Waals surface area contributed by atoms with Gasteiger partial charge in [-0.05, 0) is 24.7 Å². The third kappa shape index (κ3) is 2.53. The molecule has 1 atom stereocenters. The Hall–Kier alpha value is -2.08. The second-order valence-electron chi connectivity index (χ2n) is 4.42. The van der Waals surface area contributed by atoms with Crippen molar-refractivity contribution in [2.45, 2.75) is 5.92 Å². The maximum atomic E-state index is 11.6. The standard InChI is InChI=1S/C13H16N2O4/c1-14-6-9(13(17)18)8-3-4-11-10(5-8)15(2)12(16)7-19-11/h3-5,9,14H,6-7H2,1-2H3,(H,17,18). The summed E-state index contributed by atoms with van der Waals surface area (Å²) in [6.45, 7) is 0.342. The van der Waals surface area contributed by atoms with Crippen molar-refractivity contribution in [1.82, 2.24) is 5.32 Å². The van der Waals surface area contributed by atoms with Crippen LogP contribution in [-0.4, -0.2) is 44.2 Å². The molecule has 1 amide bonds. The summed E-state index contributed by atoms with van der Waals surface area (Å²) < 4.78 is 5.31. The maximum absolute atomic E-state index is 11.6. The number of nitrogens with zero attached hydrogens (tertiary/aromatic N) is 1. The number of carbonyl (C=O) groups excluding carboxylic acids is 1. The number of likely N-dealkylation sites (N-methyl/N-ethyl adjacent to an activating group) is 2. The van der Waals surface area contributed by atoms with Crippen LogP contribution >= 0.6 is 0 Å². The van der Waals surface area contributed by atoms with E-state index in [0.29, 0.717) is 23.5 Å². The van der Waals surface area contributed by atoms with E-state index >= 15 is 0 Å². The molecule has 0 aliphatic carbocycles. The van der Waals surface area contributed by atoms with Gasteiger partial charge < -0.3 is 20.1 Å². The average Bonchev–Trinajstić information content (AvgIpc) is 2.40. The van der Waals surface area contributed by atoms with Gasteiger partial charge in [-0.3, -0.25) is 9.59 Å². The number of amides is 1. The largest absolute Gasteiger partial charge is 0.482 e. The Morgan fingerprint density at radius 1 is 1.58 bits per heavy atom. The first-order chi connectivity index (χ1) is 9.04. The molecule has 2 N–H and O–H groups in total. The molecule has 0 bridgehead atoms. The zero-order chi connectivity index (χ0) is 14.0. The van der Waals surface area contributed by atoms with E-state index in [0.717, 1.165) is 0 Å². The Morgan fingerprint density at radius 2 is 2.32 bits per heavy atom. The van der Waals surface area contributed by atoms with Gasteiger partial charge in [-0.2, -0.15) is 0 Å². The van der Waals surface area contributed by atoms with Crippen molar-refractivity contribution in [3.8, 4) is 5.75 Å². The highest BCUT2D eigenvalue weighted by atomic mass is 16.5. The number of benzene rings is 1. The number of aliphatic carboxylic acids is 1. The molecular formula is C13H16N2O4. The number of rotatable bonds is 4.